The topological polar surface area (TPSA) is 23.8 Å². The van der Waals surface area contributed by atoms with Crippen LogP contribution in [0.25, 0.3) is 0 Å². The summed E-state index contributed by atoms with van der Waals surface area (Å²) in [6.07, 6.45) is 3.70. The average molecular weight is 148 g/mol. The Kier molecular flexibility index (Phi) is 6.76. The van der Waals surface area contributed by atoms with E-state index in [0.29, 0.717) is 5.88 Å². The van der Waals surface area contributed by atoms with Gasteiger partial charge in [0.1, 0.15) is 5.40 Å². The Morgan fingerprint density at radius 2 is 2.38 bits per heavy atom. The molecule has 0 aliphatic carbocycles. The van der Waals surface area contributed by atoms with Gasteiger partial charge in [-0.1, -0.05) is 12.2 Å². The van der Waals surface area contributed by atoms with E-state index in [2.05, 4.69) is 0 Å². The van der Waals surface area contributed by atoms with Gasteiger partial charge in [0.05, 0.1) is 0 Å². The molecule has 0 aliphatic rings. The van der Waals surface area contributed by atoms with Gasteiger partial charge in [0.2, 0.25) is 0 Å². The first-order valence-electron chi connectivity index (χ1n) is 2.13. The minimum atomic E-state index is 0.534. The third-order valence-electron chi connectivity index (χ3n) is 0.500. The molecule has 0 N–H and O–H groups in total. The Bertz CT molecular complexity index is 105. The van der Waals surface area contributed by atoms with Gasteiger partial charge < -0.3 is 0 Å². The van der Waals surface area contributed by atoms with Crippen LogP contribution in [-0.2, 0) is 0 Å². The van der Waals surface area contributed by atoms with Gasteiger partial charge >= 0.3 is 0 Å². The van der Waals surface area contributed by atoms with E-state index in [1.54, 1.807) is 0 Å². The number of nitriles is 1. The predicted molar refractivity (Wildman–Crippen MR) is 37.9 cm³/mol. The monoisotopic (exact) mass is 147 g/mol. The highest BCUT2D eigenvalue weighted by atomic mass is 35.5. The van der Waals surface area contributed by atoms with E-state index in [-0.39, 0.29) is 0 Å². The number of nitrogens with zero attached hydrogens (tertiary/aromatic N) is 1. The molecule has 8 heavy (non-hydrogen) atoms. The Hall–Kier alpha value is -0.130. The largest absolute Gasteiger partial charge is 0.185 e. The van der Waals surface area contributed by atoms with Crippen molar-refractivity contribution >= 4 is 23.4 Å². The number of hydrogen-bond acceptors (Lipinski definition) is 2. The number of thioether (sulfide) groups is 1. The quantitative estimate of drug-likeness (QED) is 0.264. The SMILES string of the molecule is N#CSC/C=C/CCl. The molecule has 0 aromatic carbocycles. The third-order valence-corrected chi connectivity index (χ3v) is 1.17. The van der Waals surface area contributed by atoms with Gasteiger partial charge in [-0.15, -0.1) is 11.6 Å². The molecular weight excluding hydrogens is 142 g/mol. The van der Waals surface area contributed by atoms with Crippen LogP contribution in [0.3, 0.4) is 0 Å². The lowest BCUT2D eigenvalue weighted by atomic mass is 10.6. The molecule has 0 spiro atoms. The van der Waals surface area contributed by atoms with E-state index >= 15 is 0 Å². The molecule has 0 bridgehead atoms. The fourth-order valence-corrected chi connectivity index (χ4v) is 0.649. The van der Waals surface area contributed by atoms with E-state index in [0.717, 1.165) is 5.75 Å². The summed E-state index contributed by atoms with van der Waals surface area (Å²) >= 11 is 6.51. The van der Waals surface area contributed by atoms with E-state index in [1.807, 2.05) is 17.6 Å². The molecule has 0 fully saturated rings. The van der Waals surface area contributed by atoms with Crippen LogP contribution in [0.1, 0.15) is 0 Å². The van der Waals surface area contributed by atoms with E-state index in [1.165, 1.54) is 11.8 Å². The molecule has 0 radical (unpaired) electrons. The Balaban J connectivity index is 2.94. The molecule has 0 aliphatic heterocycles. The van der Waals surface area contributed by atoms with Crippen LogP contribution in [0.15, 0.2) is 12.2 Å². The van der Waals surface area contributed by atoms with Gasteiger partial charge in [0.25, 0.3) is 0 Å². The summed E-state index contributed by atoms with van der Waals surface area (Å²) in [6, 6.07) is 0. The van der Waals surface area contributed by atoms with Crippen LogP contribution >= 0.6 is 23.4 Å². The Labute approximate surface area is 58.3 Å². The second kappa shape index (κ2) is 6.87. The van der Waals surface area contributed by atoms with E-state index < -0.39 is 0 Å². The second-order valence-electron chi connectivity index (χ2n) is 1.03. The Morgan fingerprint density at radius 3 is 2.88 bits per heavy atom. The van der Waals surface area contributed by atoms with Gasteiger partial charge in [-0.2, -0.15) is 5.26 Å². The van der Waals surface area contributed by atoms with E-state index in [4.69, 9.17) is 16.9 Å². The first kappa shape index (κ1) is 7.87. The number of halogens is 1. The Morgan fingerprint density at radius 1 is 1.62 bits per heavy atom. The second-order valence-corrected chi connectivity index (χ2v) is 2.14. The minimum absolute atomic E-state index is 0.534. The van der Waals surface area contributed by atoms with Crippen molar-refractivity contribution in [1.82, 2.24) is 0 Å². The zero-order valence-electron chi connectivity index (χ0n) is 4.30. The van der Waals surface area contributed by atoms with Crippen molar-refractivity contribution in [3.05, 3.63) is 12.2 Å². The summed E-state index contributed by atoms with van der Waals surface area (Å²) < 4.78 is 0. The summed E-state index contributed by atoms with van der Waals surface area (Å²) in [5.74, 6) is 1.27. The standard InChI is InChI=1S/C5H6ClNS/c6-3-1-2-4-8-5-7/h1-2H,3-4H2/b2-1+. The molecule has 1 nitrogen and oxygen atoms in total. The average Bonchev–Trinajstić information content (AvgIpc) is 1.81. The number of hydrogen-bond donors (Lipinski definition) is 0. The predicted octanol–water partition coefficient (Wildman–Crippen LogP) is 2.00. The number of thiocyanates is 1. The fourth-order valence-electron chi connectivity index (χ4n) is 0.216. The first-order valence-corrected chi connectivity index (χ1v) is 3.65. The molecule has 3 heteroatoms. The summed E-state index contributed by atoms with van der Waals surface area (Å²) in [6.45, 7) is 0. The summed E-state index contributed by atoms with van der Waals surface area (Å²) in [4.78, 5) is 0. The number of alkyl halides is 1. The summed E-state index contributed by atoms with van der Waals surface area (Å²) in [5.41, 5.74) is 0. The van der Waals surface area contributed by atoms with Gasteiger partial charge in [0.15, 0.2) is 0 Å². The molecular formula is C5H6ClNS. The first-order chi connectivity index (χ1) is 3.91. The molecule has 0 aromatic rings. The molecule has 44 valence electrons. The van der Waals surface area contributed by atoms with Crippen molar-refractivity contribution in [2.75, 3.05) is 11.6 Å². The van der Waals surface area contributed by atoms with Crippen molar-refractivity contribution < 1.29 is 0 Å². The molecule has 0 atom stereocenters. The number of allylic oxidation sites excluding steroid dienone is 1. The maximum Gasteiger partial charge on any atom is 0.133 e. The summed E-state index contributed by atoms with van der Waals surface area (Å²) in [5, 5.41) is 9.96. The van der Waals surface area contributed by atoms with Gasteiger partial charge in [-0.3, -0.25) is 0 Å². The molecule has 0 heterocycles. The van der Waals surface area contributed by atoms with Crippen molar-refractivity contribution in [3.8, 4) is 5.40 Å². The van der Waals surface area contributed by atoms with Crippen molar-refractivity contribution in [2.45, 2.75) is 0 Å². The zero-order chi connectivity index (χ0) is 6.24. The molecule has 0 saturated carbocycles. The lowest BCUT2D eigenvalue weighted by Gasteiger charge is -1.76. The van der Waals surface area contributed by atoms with E-state index in [9.17, 15) is 0 Å². The summed E-state index contributed by atoms with van der Waals surface area (Å²) in [7, 11) is 0. The van der Waals surface area contributed by atoms with Gasteiger partial charge in [-0.05, 0) is 11.8 Å². The molecule has 0 aromatic heterocycles. The molecule has 0 rings (SSSR count). The highest BCUT2D eigenvalue weighted by molar-refractivity contribution is 8.03. The molecule has 0 unspecified atom stereocenters. The zero-order valence-corrected chi connectivity index (χ0v) is 5.87. The normalized spacial score (nSPS) is 9.50. The van der Waals surface area contributed by atoms with Crippen LogP contribution in [0.5, 0.6) is 0 Å². The van der Waals surface area contributed by atoms with Crippen LogP contribution in [0.2, 0.25) is 0 Å². The smallest absolute Gasteiger partial charge is 0.133 e. The van der Waals surface area contributed by atoms with Crippen LogP contribution in [0.4, 0.5) is 0 Å². The van der Waals surface area contributed by atoms with Crippen molar-refractivity contribution in [1.29, 1.82) is 5.26 Å². The maximum absolute atomic E-state index is 8.01. The highest BCUT2D eigenvalue weighted by Crippen LogP contribution is 1.94. The van der Waals surface area contributed by atoms with Crippen molar-refractivity contribution in [2.24, 2.45) is 0 Å². The maximum atomic E-state index is 8.01. The molecule has 0 amide bonds. The number of rotatable bonds is 3. The van der Waals surface area contributed by atoms with Gasteiger partial charge in [0, 0.05) is 11.6 Å². The van der Waals surface area contributed by atoms with Crippen LogP contribution in [-0.4, -0.2) is 11.6 Å². The highest BCUT2D eigenvalue weighted by Gasteiger charge is 1.74. The fraction of sp³-hybridized carbons (Fsp3) is 0.400. The van der Waals surface area contributed by atoms with Crippen molar-refractivity contribution in [3.63, 3.8) is 0 Å². The molecule has 0 saturated heterocycles. The minimum Gasteiger partial charge on any atom is -0.185 e. The lowest BCUT2D eigenvalue weighted by molar-refractivity contribution is 1.56. The lowest BCUT2D eigenvalue weighted by Crippen LogP contribution is -1.65. The van der Waals surface area contributed by atoms with Crippen LogP contribution in [0, 0.1) is 10.7 Å². The third kappa shape index (κ3) is 5.87. The van der Waals surface area contributed by atoms with Crippen LogP contribution < -0.4 is 0 Å². The van der Waals surface area contributed by atoms with Gasteiger partial charge in [-0.25, -0.2) is 0 Å².